The van der Waals surface area contributed by atoms with Crippen molar-refractivity contribution < 1.29 is 23.1 Å². The number of hydrogen-bond donors (Lipinski definition) is 1. The van der Waals surface area contributed by atoms with Crippen LogP contribution >= 0.6 is 0 Å². The van der Waals surface area contributed by atoms with E-state index in [0.717, 1.165) is 6.26 Å². The smallest absolute Gasteiger partial charge is 0.305 e. The van der Waals surface area contributed by atoms with Crippen molar-refractivity contribution in [1.82, 2.24) is 4.90 Å². The third-order valence-electron chi connectivity index (χ3n) is 2.84. The van der Waals surface area contributed by atoms with E-state index in [-0.39, 0.29) is 23.4 Å². The number of carbonyl (C=O) groups excluding carboxylic acids is 1. The number of sulfone groups is 1. The third-order valence-corrected chi connectivity index (χ3v) is 4.08. The van der Waals surface area contributed by atoms with E-state index in [9.17, 15) is 18.0 Å². The van der Waals surface area contributed by atoms with Crippen LogP contribution in [-0.4, -0.2) is 50.1 Å². The van der Waals surface area contributed by atoms with Gasteiger partial charge in [-0.25, -0.2) is 8.42 Å². The highest BCUT2D eigenvalue weighted by Gasteiger charge is 2.17. The van der Waals surface area contributed by atoms with E-state index in [1.54, 1.807) is 13.0 Å². The van der Waals surface area contributed by atoms with Gasteiger partial charge >= 0.3 is 5.97 Å². The van der Waals surface area contributed by atoms with Crippen molar-refractivity contribution in [2.75, 3.05) is 19.8 Å². The van der Waals surface area contributed by atoms with Crippen LogP contribution in [-0.2, 0) is 14.6 Å². The summed E-state index contributed by atoms with van der Waals surface area (Å²) in [5.41, 5.74) is 0.793. The highest BCUT2D eigenvalue weighted by atomic mass is 32.2. The van der Waals surface area contributed by atoms with Gasteiger partial charge in [0.2, 0.25) is 0 Å². The number of rotatable bonds is 5. The zero-order valence-corrected chi connectivity index (χ0v) is 12.4. The number of carboxylic acids is 1. The SMILES string of the molecule is Cc1ccc(C(=O)N(C)CCC(=O)O)cc1S(C)(=O)=O. The van der Waals surface area contributed by atoms with Crippen molar-refractivity contribution in [3.05, 3.63) is 29.3 Å². The highest BCUT2D eigenvalue weighted by Crippen LogP contribution is 2.18. The van der Waals surface area contributed by atoms with E-state index in [0.29, 0.717) is 5.56 Å². The molecule has 0 radical (unpaired) electrons. The monoisotopic (exact) mass is 299 g/mol. The minimum atomic E-state index is -3.41. The van der Waals surface area contributed by atoms with Crippen molar-refractivity contribution in [3.63, 3.8) is 0 Å². The highest BCUT2D eigenvalue weighted by molar-refractivity contribution is 7.90. The minimum Gasteiger partial charge on any atom is -0.481 e. The molecule has 0 atom stereocenters. The van der Waals surface area contributed by atoms with Gasteiger partial charge in [0, 0.05) is 25.4 Å². The van der Waals surface area contributed by atoms with Gasteiger partial charge in [-0.3, -0.25) is 9.59 Å². The van der Waals surface area contributed by atoms with Crippen molar-refractivity contribution in [2.45, 2.75) is 18.2 Å². The lowest BCUT2D eigenvalue weighted by Gasteiger charge is -2.16. The number of benzene rings is 1. The summed E-state index contributed by atoms with van der Waals surface area (Å²) in [6.45, 7) is 1.72. The zero-order valence-electron chi connectivity index (χ0n) is 11.6. The molecule has 0 saturated carbocycles. The van der Waals surface area contributed by atoms with Crippen LogP contribution in [0.15, 0.2) is 23.1 Å². The fourth-order valence-corrected chi connectivity index (χ4v) is 2.71. The van der Waals surface area contributed by atoms with Crippen LogP contribution in [0.3, 0.4) is 0 Å². The average molecular weight is 299 g/mol. The maximum Gasteiger partial charge on any atom is 0.305 e. The normalized spacial score (nSPS) is 11.2. The van der Waals surface area contributed by atoms with Crippen molar-refractivity contribution in [2.24, 2.45) is 0 Å². The average Bonchev–Trinajstić information content (AvgIpc) is 2.34. The molecule has 20 heavy (non-hydrogen) atoms. The molecule has 0 aromatic heterocycles. The topological polar surface area (TPSA) is 91.8 Å². The largest absolute Gasteiger partial charge is 0.481 e. The van der Waals surface area contributed by atoms with Crippen molar-refractivity contribution in [1.29, 1.82) is 0 Å². The Kier molecular flexibility index (Phi) is 4.88. The molecule has 1 N–H and O–H groups in total. The van der Waals surface area contributed by atoms with Crippen LogP contribution in [0.1, 0.15) is 22.3 Å². The van der Waals surface area contributed by atoms with Gasteiger partial charge in [0.05, 0.1) is 11.3 Å². The molecule has 0 bridgehead atoms. The molecule has 0 aliphatic rings. The summed E-state index contributed by atoms with van der Waals surface area (Å²) in [5.74, 6) is -1.40. The van der Waals surface area contributed by atoms with Crippen LogP contribution in [0.5, 0.6) is 0 Å². The summed E-state index contributed by atoms with van der Waals surface area (Å²) >= 11 is 0. The lowest BCUT2D eigenvalue weighted by Crippen LogP contribution is -2.29. The van der Waals surface area contributed by atoms with Crippen molar-refractivity contribution in [3.8, 4) is 0 Å². The fourth-order valence-electron chi connectivity index (χ4n) is 1.72. The second kappa shape index (κ2) is 6.04. The molecule has 6 nitrogen and oxygen atoms in total. The summed E-state index contributed by atoms with van der Waals surface area (Å²) in [6, 6.07) is 4.42. The van der Waals surface area contributed by atoms with Gasteiger partial charge in [0.25, 0.3) is 5.91 Å². The van der Waals surface area contributed by atoms with Crippen LogP contribution < -0.4 is 0 Å². The summed E-state index contributed by atoms with van der Waals surface area (Å²) in [5, 5.41) is 8.58. The van der Waals surface area contributed by atoms with Gasteiger partial charge in [-0.05, 0) is 24.6 Å². The Morgan fingerprint density at radius 3 is 2.40 bits per heavy atom. The second-order valence-corrected chi connectivity index (χ2v) is 6.61. The van der Waals surface area contributed by atoms with Crippen molar-refractivity contribution >= 4 is 21.7 Å². The number of amides is 1. The molecule has 1 aromatic rings. The molecule has 0 aliphatic heterocycles. The zero-order chi connectivity index (χ0) is 15.5. The van der Waals surface area contributed by atoms with E-state index >= 15 is 0 Å². The number of aryl methyl sites for hydroxylation is 1. The first-order chi connectivity index (χ1) is 9.12. The maximum absolute atomic E-state index is 12.1. The predicted octanol–water partition coefficient (Wildman–Crippen LogP) is 0.945. The number of aliphatic carboxylic acids is 1. The number of carbonyl (C=O) groups is 2. The second-order valence-electron chi connectivity index (χ2n) is 4.62. The first kappa shape index (κ1) is 16.2. The molecule has 0 spiro atoms. The lowest BCUT2D eigenvalue weighted by atomic mass is 10.1. The summed E-state index contributed by atoms with van der Waals surface area (Å²) in [6.07, 6.45) is 0.921. The molecule has 0 unspecified atom stereocenters. The summed E-state index contributed by atoms with van der Waals surface area (Å²) in [4.78, 5) is 23.9. The lowest BCUT2D eigenvalue weighted by molar-refractivity contribution is -0.137. The number of nitrogens with zero attached hydrogens (tertiary/aromatic N) is 1. The van der Waals surface area contributed by atoms with E-state index in [1.807, 2.05) is 0 Å². The quantitative estimate of drug-likeness (QED) is 0.873. The Morgan fingerprint density at radius 2 is 1.90 bits per heavy atom. The van der Waals surface area contributed by atoms with Crippen LogP contribution in [0.4, 0.5) is 0 Å². The van der Waals surface area contributed by atoms with Gasteiger partial charge in [0.15, 0.2) is 9.84 Å². The Labute approximate surface area is 117 Å². The van der Waals surface area contributed by atoms with Gasteiger partial charge in [-0.15, -0.1) is 0 Å². The molecule has 0 heterocycles. The number of carboxylic acid groups (broad SMARTS) is 1. The predicted molar refractivity (Wildman–Crippen MR) is 73.5 cm³/mol. The van der Waals surface area contributed by atoms with Crippen LogP contribution in [0.25, 0.3) is 0 Å². The Balaban J connectivity index is 3.03. The molecule has 0 saturated heterocycles. The maximum atomic E-state index is 12.1. The molecule has 0 fully saturated rings. The molecular weight excluding hydrogens is 282 g/mol. The molecule has 1 rings (SSSR count). The first-order valence-electron chi connectivity index (χ1n) is 5.91. The van der Waals surface area contributed by atoms with Gasteiger partial charge < -0.3 is 10.0 Å². The van der Waals surface area contributed by atoms with Gasteiger partial charge in [-0.2, -0.15) is 0 Å². The third kappa shape index (κ3) is 4.06. The molecule has 1 aromatic carbocycles. The molecular formula is C13H17NO5S. The van der Waals surface area contributed by atoms with Gasteiger partial charge in [-0.1, -0.05) is 6.07 Å². The van der Waals surface area contributed by atoms with Gasteiger partial charge in [0.1, 0.15) is 0 Å². The van der Waals surface area contributed by atoms with E-state index < -0.39 is 21.7 Å². The van der Waals surface area contributed by atoms with E-state index in [2.05, 4.69) is 0 Å². The molecule has 7 heteroatoms. The minimum absolute atomic E-state index is 0.0657. The Morgan fingerprint density at radius 1 is 1.30 bits per heavy atom. The summed E-state index contributed by atoms with van der Waals surface area (Å²) in [7, 11) is -1.93. The summed E-state index contributed by atoms with van der Waals surface area (Å²) < 4.78 is 23.2. The molecule has 1 amide bonds. The van der Waals surface area contributed by atoms with E-state index in [4.69, 9.17) is 5.11 Å². The first-order valence-corrected chi connectivity index (χ1v) is 7.80. The fraction of sp³-hybridized carbons (Fsp3) is 0.385. The molecule has 110 valence electrons. The van der Waals surface area contributed by atoms with Crippen LogP contribution in [0.2, 0.25) is 0 Å². The van der Waals surface area contributed by atoms with Crippen LogP contribution in [0, 0.1) is 6.92 Å². The standard InChI is InChI=1S/C13H17NO5S/c1-9-4-5-10(8-11(9)20(3,18)19)13(17)14(2)7-6-12(15)16/h4-5,8H,6-7H2,1-3H3,(H,15,16). The van der Waals surface area contributed by atoms with E-state index in [1.165, 1.54) is 24.1 Å². The number of hydrogen-bond acceptors (Lipinski definition) is 4. The Bertz CT molecular complexity index is 636. The Hall–Kier alpha value is -1.89. The molecule has 0 aliphatic carbocycles.